The minimum absolute atomic E-state index is 0. The summed E-state index contributed by atoms with van der Waals surface area (Å²) in [6.45, 7) is -0.195. The van der Waals surface area contributed by atoms with Crippen molar-refractivity contribution in [3.8, 4) is 5.69 Å². The van der Waals surface area contributed by atoms with Crippen LogP contribution in [0, 0.1) is 12.7 Å². The number of ether oxygens (including phenoxy) is 1. The van der Waals surface area contributed by atoms with E-state index in [1.165, 1.54) is 6.92 Å². The smallest absolute Gasteiger partial charge is 0.355 e. The van der Waals surface area contributed by atoms with E-state index in [0.717, 1.165) is 12.1 Å². The number of hydrogen-bond donors (Lipinski definition) is 0. The van der Waals surface area contributed by atoms with E-state index >= 15 is 0 Å². The Labute approximate surface area is 156 Å². The number of carbonyl (C=O) groups is 1. The van der Waals surface area contributed by atoms with Crippen molar-refractivity contribution in [2.45, 2.75) is 32.2 Å². The molecule has 0 amide bonds. The van der Waals surface area contributed by atoms with E-state index in [0.29, 0.717) is 4.68 Å². The van der Waals surface area contributed by atoms with E-state index < -0.39 is 29.4 Å². The molecule has 0 spiro atoms. The van der Waals surface area contributed by atoms with Crippen molar-refractivity contribution in [2.24, 2.45) is 0 Å². The van der Waals surface area contributed by atoms with E-state index in [2.05, 4.69) is 5.10 Å². The molecule has 1 heterocycles. The number of aromatic nitrogens is 3. The minimum atomic E-state index is -3.12. The van der Waals surface area contributed by atoms with Crippen molar-refractivity contribution in [1.82, 2.24) is 14.3 Å². The van der Waals surface area contributed by atoms with Gasteiger partial charge in [-0.25, -0.2) is 13.8 Å². The first-order chi connectivity index (χ1) is 12.2. The van der Waals surface area contributed by atoms with Gasteiger partial charge in [0.1, 0.15) is 16.9 Å². The second-order valence-corrected chi connectivity index (χ2v) is 6.14. The maximum absolute atomic E-state index is 14.2. The maximum atomic E-state index is 14.2. The molecular weight excluding hydrogens is 657 g/mol. The molecule has 1 atom stereocenters. The maximum Gasteiger partial charge on any atom is 0.355 e. The number of rotatable bonds is 6. The Morgan fingerprint density at radius 2 is 2.00 bits per heavy atom. The molecule has 0 aliphatic carbocycles. The fourth-order valence-corrected chi connectivity index (χ4v) is 2.72. The summed E-state index contributed by atoms with van der Waals surface area (Å²) in [4.78, 5) is 23.7. The monoisotopic (exact) mass is 670 g/mol. The molecule has 2 aromatic rings. The van der Waals surface area contributed by atoms with Gasteiger partial charge in [-0.15, -0.1) is 16.7 Å². The molecule has 12 heteroatoms. The van der Waals surface area contributed by atoms with Crippen LogP contribution in [0.2, 0.25) is 5.02 Å². The number of aryl methyl sites for hydroxylation is 1. The van der Waals surface area contributed by atoms with Crippen molar-refractivity contribution < 1.29 is 22.7 Å². The van der Waals surface area contributed by atoms with Gasteiger partial charge in [0.05, 0.1) is 6.61 Å². The Morgan fingerprint density at radius 1 is 1.37 bits per heavy atom. The molecule has 6 nitrogen and oxygen atoms in total. The Hall–Kier alpha value is -3.00. The molecule has 1 aromatic carbocycles. The summed E-state index contributed by atoms with van der Waals surface area (Å²) in [5.41, 5.74) is -1.37. The molecule has 0 aliphatic heterocycles. The third-order valence-corrected chi connectivity index (χ3v) is 4.15. The van der Waals surface area contributed by atoms with Crippen LogP contribution >= 0.6 is 23.2 Å². The number of nitrogens with zero attached hydrogens (tertiary/aromatic N) is 3. The van der Waals surface area contributed by atoms with Crippen LogP contribution in [0.4, 0.5) is 13.2 Å². The van der Waals surface area contributed by atoms with Crippen LogP contribution < -0.4 is 5.69 Å². The summed E-state index contributed by atoms with van der Waals surface area (Å²) >= 11 is 11.9. The molecule has 156 valence electrons. The quantitative estimate of drug-likeness (QED) is 0.350. The van der Waals surface area contributed by atoms with E-state index in [4.69, 9.17) is 27.9 Å². The second kappa shape index (κ2) is 8.59. The van der Waals surface area contributed by atoms with Gasteiger partial charge in [0.2, 0.25) is 0 Å². The average molecular weight is 671 g/mol. The van der Waals surface area contributed by atoms with Crippen molar-refractivity contribution >= 4 is 29.2 Å². The zero-order valence-electron chi connectivity index (χ0n) is 13.9. The third-order valence-electron chi connectivity index (χ3n) is 3.46. The Morgan fingerprint density at radius 3 is 2.52 bits per heavy atom. The molecule has 1 aromatic heterocycles. The molecule has 0 radical (unpaired) electrons. The third kappa shape index (κ3) is 4.40. The van der Waals surface area contributed by atoms with E-state index in [-0.39, 0.29) is 39.7 Å². The first-order valence-electron chi connectivity index (χ1n) is 7.42. The first-order valence-corrected chi connectivity index (χ1v) is 8.24. The number of esters is 1. The van der Waals surface area contributed by atoms with Crippen LogP contribution in [0.1, 0.15) is 24.9 Å². The summed E-state index contributed by atoms with van der Waals surface area (Å²) in [5.74, 6) is -1.92. The van der Waals surface area contributed by atoms with Crippen molar-refractivity contribution in [2.75, 3.05) is 6.61 Å². The first kappa shape index (κ1) is 22.0. The normalized spacial score (nSPS) is 12.0. The van der Waals surface area contributed by atoms with Gasteiger partial charge >= 0.3 is 18.2 Å². The van der Waals surface area contributed by atoms with Crippen LogP contribution in [-0.4, -0.2) is 32.3 Å². The standard InChI is InChI=1S/C15H14Cl2F3N3O3.No/c1-3-26-13(24)10(17)4-8-5-12(11(18)6-9(8)16)23-15(25)22(14(19)20)7(2)21-23;/h5-6,10,14H,3-4H2,1-2H3;. The molecule has 0 bridgehead atoms. The summed E-state index contributed by atoms with van der Waals surface area (Å²) in [6, 6.07) is 2.03. The summed E-state index contributed by atoms with van der Waals surface area (Å²) < 4.78 is 45.5. The van der Waals surface area contributed by atoms with Gasteiger partial charge in [-0.2, -0.15) is 13.5 Å². The zero-order chi connectivity index (χ0) is 19.6. The number of benzene rings is 1. The van der Waals surface area contributed by atoms with E-state index in [1.54, 1.807) is 6.92 Å². The second-order valence-electron chi connectivity index (χ2n) is 5.21. The molecule has 2 rings (SSSR count). The Bertz CT molecular complexity index is 889. The number of halogens is 5. The van der Waals surface area contributed by atoms with Gasteiger partial charge in [0.15, 0.2) is 5.82 Å². The summed E-state index contributed by atoms with van der Waals surface area (Å²) in [7, 11) is 0. The zero-order valence-corrected chi connectivity index (χ0v) is 17.7. The number of hydrogen-bond acceptors (Lipinski definition) is 4. The number of alkyl halides is 3. The van der Waals surface area contributed by atoms with E-state index in [1.807, 2.05) is 0 Å². The molecule has 0 fully saturated rings. The molecule has 0 aliphatic rings. The number of carbonyl (C=O) groups excluding carboxylic acids is 1. The van der Waals surface area contributed by atoms with Gasteiger partial charge in [0.25, 0.3) is 0 Å². The summed E-state index contributed by atoms with van der Waals surface area (Å²) in [5, 5.41) is 2.52. The Balaban J connectivity index is 0.00000364. The Kier molecular flexibility index (Phi) is 7.01. The topological polar surface area (TPSA) is 66.1 Å². The summed E-state index contributed by atoms with van der Waals surface area (Å²) in [6.07, 6.45) is -0.115. The van der Waals surface area contributed by atoms with Crippen LogP contribution in [0.3, 0.4) is 0 Å². The van der Waals surface area contributed by atoms with Crippen molar-refractivity contribution in [3.63, 3.8) is 0 Å². The van der Waals surface area contributed by atoms with Gasteiger partial charge in [-0.3, -0.25) is 4.79 Å². The van der Waals surface area contributed by atoms with Gasteiger partial charge in [-0.1, -0.05) is 11.6 Å². The van der Waals surface area contributed by atoms with Gasteiger partial charge in [0, 0.05) is 11.4 Å². The van der Waals surface area contributed by atoms with E-state index in [9.17, 15) is 22.8 Å². The van der Waals surface area contributed by atoms with Crippen LogP contribution in [0.15, 0.2) is 16.9 Å². The van der Waals surface area contributed by atoms with Crippen LogP contribution in [0.5, 0.6) is 0 Å². The van der Waals surface area contributed by atoms with Gasteiger partial charge < -0.3 is 4.74 Å². The molecule has 1 unspecified atom stereocenters. The fraction of sp³-hybridized carbons (Fsp3) is 0.400. The molecule has 0 saturated carbocycles. The van der Waals surface area contributed by atoms with Crippen molar-refractivity contribution in [3.05, 3.63) is 44.8 Å². The molecule has 0 saturated heterocycles. The predicted molar refractivity (Wildman–Crippen MR) is 88.8 cm³/mol. The molecule has 0 N–H and O–H groups in total. The average Bonchev–Trinajstić information content (AvgIpc) is 2.84. The van der Waals surface area contributed by atoms with Crippen LogP contribution in [0.25, 0.3) is 5.69 Å². The van der Waals surface area contributed by atoms with Crippen molar-refractivity contribution in [1.29, 1.82) is 0 Å². The SMILES string of the molecule is CCOC(=O)C(Cl)Cc1cc(-n2nc(C)n(C(F)F)c2=O)c(F)cc1Cl.[No]. The van der Waals surface area contributed by atoms with Crippen LogP contribution in [-0.2, 0) is 16.0 Å². The largest absolute Gasteiger partial charge is 0.465 e. The minimum Gasteiger partial charge on any atom is -0.465 e. The van der Waals surface area contributed by atoms with Gasteiger partial charge in [-0.05, 0) is 31.5 Å². The predicted octanol–water partition coefficient (Wildman–Crippen LogP) is 3.24. The molecule has 27 heavy (non-hydrogen) atoms. The molecular formula is C15H14Cl2F3N3NoO3. The fourth-order valence-electron chi connectivity index (χ4n) is 2.27.